The third kappa shape index (κ3) is 4.17. The molecule has 10 heteroatoms. The van der Waals surface area contributed by atoms with Crippen LogP contribution in [0, 0.1) is 13.8 Å². The summed E-state index contributed by atoms with van der Waals surface area (Å²) in [7, 11) is 1.77. The zero-order valence-corrected chi connectivity index (χ0v) is 17.2. The summed E-state index contributed by atoms with van der Waals surface area (Å²) in [5.74, 6) is -1.59. The van der Waals surface area contributed by atoms with Crippen LogP contribution in [0.1, 0.15) is 34.2 Å². The molecule has 2 aromatic rings. The molecule has 1 aromatic heterocycles. The fourth-order valence-electron chi connectivity index (χ4n) is 3.10. The molecule has 3 rings (SSSR count). The second-order valence-electron chi connectivity index (χ2n) is 7.00. The van der Waals surface area contributed by atoms with Gasteiger partial charge in [0.1, 0.15) is 0 Å². The zero-order valence-electron chi connectivity index (χ0n) is 17.2. The number of hydrogen-bond acceptors (Lipinski definition) is 6. The zero-order chi connectivity index (χ0) is 22.0. The van der Waals surface area contributed by atoms with Gasteiger partial charge in [-0.25, -0.2) is 9.59 Å². The van der Waals surface area contributed by atoms with E-state index in [0.717, 1.165) is 10.6 Å². The van der Waals surface area contributed by atoms with Crippen LogP contribution < -0.4 is 10.6 Å². The fraction of sp³-hybridized carbons (Fsp3) is 0.350. The predicted octanol–water partition coefficient (Wildman–Crippen LogP) is 1.27. The van der Waals surface area contributed by atoms with E-state index in [1.54, 1.807) is 36.9 Å². The van der Waals surface area contributed by atoms with E-state index < -0.39 is 24.0 Å². The highest BCUT2D eigenvalue weighted by molar-refractivity contribution is 6.02. The van der Waals surface area contributed by atoms with E-state index in [4.69, 9.17) is 4.74 Å². The number of benzene rings is 1. The molecular weight excluding hydrogens is 390 g/mol. The van der Waals surface area contributed by atoms with Crippen molar-refractivity contribution >= 4 is 29.5 Å². The quantitative estimate of drug-likeness (QED) is 0.543. The van der Waals surface area contributed by atoms with Gasteiger partial charge < -0.3 is 15.4 Å². The monoisotopic (exact) mass is 413 g/mol. The van der Waals surface area contributed by atoms with Crippen LogP contribution in [0.25, 0.3) is 0 Å². The summed E-state index contributed by atoms with van der Waals surface area (Å²) >= 11 is 0. The normalized spacial score (nSPS) is 14.5. The minimum Gasteiger partial charge on any atom is -0.449 e. The summed E-state index contributed by atoms with van der Waals surface area (Å²) in [6.07, 6.45) is -1.07. The Morgan fingerprint density at radius 3 is 2.57 bits per heavy atom. The average Bonchev–Trinajstić information content (AvgIpc) is 3.15. The lowest BCUT2D eigenvalue weighted by molar-refractivity contribution is -0.125. The first-order valence-corrected chi connectivity index (χ1v) is 9.37. The average molecular weight is 413 g/mol. The molecule has 1 aliphatic rings. The van der Waals surface area contributed by atoms with Gasteiger partial charge in [-0.3, -0.25) is 19.2 Å². The number of imide groups is 1. The Kier molecular flexibility index (Phi) is 5.86. The largest absolute Gasteiger partial charge is 0.449 e. The highest BCUT2D eigenvalue weighted by Gasteiger charge is 2.30. The first-order chi connectivity index (χ1) is 14.2. The Hall–Kier alpha value is -3.69. The maximum absolute atomic E-state index is 12.7. The number of rotatable bonds is 6. The molecule has 1 atom stereocenters. The van der Waals surface area contributed by atoms with Gasteiger partial charge >= 0.3 is 12.0 Å². The predicted molar refractivity (Wildman–Crippen MR) is 107 cm³/mol. The lowest BCUT2D eigenvalue weighted by atomic mass is 10.1. The van der Waals surface area contributed by atoms with E-state index in [0.29, 0.717) is 16.9 Å². The van der Waals surface area contributed by atoms with Crippen molar-refractivity contribution in [3.05, 3.63) is 46.8 Å². The van der Waals surface area contributed by atoms with Gasteiger partial charge in [-0.2, -0.15) is 5.10 Å². The molecule has 0 spiro atoms. The first kappa shape index (κ1) is 21.0. The van der Waals surface area contributed by atoms with Crippen molar-refractivity contribution in [1.29, 1.82) is 0 Å². The molecule has 0 aliphatic carbocycles. The number of carbonyl (C=O) groups excluding carboxylic acids is 4. The van der Waals surface area contributed by atoms with Crippen LogP contribution in [0.15, 0.2) is 24.3 Å². The van der Waals surface area contributed by atoms with E-state index in [9.17, 15) is 19.2 Å². The number of anilines is 1. The number of urea groups is 1. The summed E-state index contributed by atoms with van der Waals surface area (Å²) in [4.78, 5) is 49.8. The standard InChI is InChI=1S/C20H23N5O5/c1-11-17(12(2)24(4)23-11)22-18(27)13(3)30-19(28)15-8-6-5-7-14(15)10-25-16(26)9-21-20(25)29/h5-8,13H,9-10H2,1-4H3,(H,21,29)(H,22,27). The van der Waals surface area contributed by atoms with E-state index >= 15 is 0 Å². The highest BCUT2D eigenvalue weighted by atomic mass is 16.5. The lowest BCUT2D eigenvalue weighted by Gasteiger charge is -2.17. The number of hydrogen-bond donors (Lipinski definition) is 2. The van der Waals surface area contributed by atoms with Crippen LogP contribution in [-0.2, 0) is 27.9 Å². The number of ether oxygens (including phenoxy) is 1. The molecule has 1 saturated heterocycles. The maximum Gasteiger partial charge on any atom is 0.339 e. The second kappa shape index (κ2) is 8.36. The van der Waals surface area contributed by atoms with Gasteiger partial charge in [0, 0.05) is 7.05 Å². The summed E-state index contributed by atoms with van der Waals surface area (Å²) in [5.41, 5.74) is 2.63. The molecule has 1 aliphatic heterocycles. The van der Waals surface area contributed by atoms with Crippen LogP contribution in [0.3, 0.4) is 0 Å². The smallest absolute Gasteiger partial charge is 0.339 e. The van der Waals surface area contributed by atoms with Crippen LogP contribution >= 0.6 is 0 Å². The number of nitrogens with zero attached hydrogens (tertiary/aromatic N) is 3. The van der Waals surface area contributed by atoms with Gasteiger partial charge in [0.2, 0.25) is 5.91 Å². The van der Waals surface area contributed by atoms with Crippen molar-refractivity contribution in [1.82, 2.24) is 20.0 Å². The number of nitrogens with one attached hydrogen (secondary N) is 2. The van der Waals surface area contributed by atoms with Gasteiger partial charge in [-0.1, -0.05) is 18.2 Å². The Bertz CT molecular complexity index is 1010. The topological polar surface area (TPSA) is 123 Å². The third-order valence-corrected chi connectivity index (χ3v) is 4.91. The molecule has 4 amide bonds. The van der Waals surface area contributed by atoms with Crippen molar-refractivity contribution < 1.29 is 23.9 Å². The fourth-order valence-corrected chi connectivity index (χ4v) is 3.10. The van der Waals surface area contributed by atoms with Crippen molar-refractivity contribution in [3.8, 4) is 0 Å². The van der Waals surface area contributed by atoms with Crippen LogP contribution in [-0.4, -0.2) is 51.1 Å². The van der Waals surface area contributed by atoms with Gasteiger partial charge in [0.25, 0.3) is 5.91 Å². The van der Waals surface area contributed by atoms with E-state index in [1.165, 1.54) is 13.0 Å². The number of aryl methyl sites for hydroxylation is 2. The molecule has 0 saturated carbocycles. The van der Waals surface area contributed by atoms with Gasteiger partial charge in [0.05, 0.1) is 35.7 Å². The Morgan fingerprint density at radius 2 is 1.97 bits per heavy atom. The molecule has 1 unspecified atom stereocenters. The molecule has 2 heterocycles. The van der Waals surface area contributed by atoms with Crippen molar-refractivity contribution in [2.24, 2.45) is 7.05 Å². The Labute approximate surface area is 173 Å². The molecule has 30 heavy (non-hydrogen) atoms. The van der Waals surface area contributed by atoms with Crippen LogP contribution in [0.5, 0.6) is 0 Å². The molecule has 158 valence electrons. The molecule has 0 radical (unpaired) electrons. The van der Waals surface area contributed by atoms with E-state index in [-0.39, 0.29) is 24.6 Å². The molecule has 10 nitrogen and oxygen atoms in total. The highest BCUT2D eigenvalue weighted by Crippen LogP contribution is 2.20. The second-order valence-corrected chi connectivity index (χ2v) is 7.00. The van der Waals surface area contributed by atoms with E-state index in [1.807, 2.05) is 6.92 Å². The Morgan fingerprint density at radius 1 is 1.27 bits per heavy atom. The van der Waals surface area contributed by atoms with Crippen LogP contribution in [0.2, 0.25) is 0 Å². The molecular formula is C20H23N5O5. The maximum atomic E-state index is 12.7. The summed E-state index contributed by atoms with van der Waals surface area (Å²) in [6, 6.07) is 5.96. The number of esters is 1. The molecule has 0 bridgehead atoms. The van der Waals surface area contributed by atoms with Gasteiger partial charge in [-0.15, -0.1) is 0 Å². The summed E-state index contributed by atoms with van der Waals surface area (Å²) in [6.45, 7) is 4.92. The van der Waals surface area contributed by atoms with Crippen molar-refractivity contribution in [2.45, 2.75) is 33.4 Å². The first-order valence-electron chi connectivity index (χ1n) is 9.37. The van der Waals surface area contributed by atoms with Crippen molar-refractivity contribution in [3.63, 3.8) is 0 Å². The molecule has 1 aromatic carbocycles. The molecule has 2 N–H and O–H groups in total. The SMILES string of the molecule is Cc1nn(C)c(C)c1NC(=O)C(C)OC(=O)c1ccccc1CN1C(=O)CNC1=O. The lowest BCUT2D eigenvalue weighted by Crippen LogP contribution is -2.32. The Balaban J connectivity index is 1.70. The van der Waals surface area contributed by atoms with E-state index in [2.05, 4.69) is 15.7 Å². The summed E-state index contributed by atoms with van der Waals surface area (Å²) < 4.78 is 6.98. The molecule has 1 fully saturated rings. The van der Waals surface area contributed by atoms with Gasteiger partial charge in [0.15, 0.2) is 6.10 Å². The van der Waals surface area contributed by atoms with Crippen molar-refractivity contribution in [2.75, 3.05) is 11.9 Å². The number of aromatic nitrogens is 2. The number of carbonyl (C=O) groups is 4. The van der Waals surface area contributed by atoms with Crippen LogP contribution in [0.4, 0.5) is 10.5 Å². The van der Waals surface area contributed by atoms with Gasteiger partial charge in [-0.05, 0) is 32.4 Å². The minimum absolute atomic E-state index is 0.0649. The number of amides is 4. The third-order valence-electron chi connectivity index (χ3n) is 4.91. The summed E-state index contributed by atoms with van der Waals surface area (Å²) in [5, 5.41) is 9.40. The minimum atomic E-state index is -1.07.